The summed E-state index contributed by atoms with van der Waals surface area (Å²) >= 11 is 0. The zero-order valence-corrected chi connectivity index (χ0v) is 12.9. The molecule has 2 aliphatic rings. The smallest absolute Gasteiger partial charge is 0.318 e. The van der Waals surface area contributed by atoms with Crippen molar-refractivity contribution in [2.45, 2.75) is 45.4 Å². The number of rotatable bonds is 3. The van der Waals surface area contributed by atoms with Gasteiger partial charge in [-0.2, -0.15) is 15.0 Å². The normalized spacial score (nSPS) is 27.5. The zero-order valence-electron chi connectivity index (χ0n) is 12.9. The van der Waals surface area contributed by atoms with Crippen molar-refractivity contribution in [3.63, 3.8) is 0 Å². The third kappa shape index (κ3) is 2.74. The molecule has 0 spiro atoms. The van der Waals surface area contributed by atoms with E-state index in [2.05, 4.69) is 29.4 Å². The molecule has 7 nitrogen and oxygen atoms in total. The molecular formula is C14H23N5O2. The van der Waals surface area contributed by atoms with E-state index < -0.39 is 0 Å². The number of hydrogen-bond acceptors (Lipinski definition) is 4. The fraction of sp³-hybridized carbons (Fsp3) is 0.786. The van der Waals surface area contributed by atoms with Crippen LogP contribution in [0.15, 0.2) is 6.20 Å². The quantitative estimate of drug-likeness (QED) is 0.899. The second kappa shape index (κ2) is 5.29. The van der Waals surface area contributed by atoms with Gasteiger partial charge >= 0.3 is 6.03 Å². The number of aryl methyl sites for hydroxylation is 1. The van der Waals surface area contributed by atoms with Gasteiger partial charge in [-0.1, -0.05) is 13.8 Å². The molecule has 1 N–H and O–H groups in total. The Morgan fingerprint density at radius 2 is 2.38 bits per heavy atom. The van der Waals surface area contributed by atoms with Gasteiger partial charge in [0.25, 0.3) is 0 Å². The van der Waals surface area contributed by atoms with Gasteiger partial charge in [0, 0.05) is 25.6 Å². The maximum Gasteiger partial charge on any atom is 0.318 e. The first-order chi connectivity index (χ1) is 9.97. The number of ether oxygens (including phenoxy) is 1. The van der Waals surface area contributed by atoms with Crippen molar-refractivity contribution in [1.29, 1.82) is 0 Å². The Balaban J connectivity index is 1.59. The molecule has 1 aromatic rings. The summed E-state index contributed by atoms with van der Waals surface area (Å²) in [5, 5.41) is 11.1. The highest BCUT2D eigenvalue weighted by molar-refractivity contribution is 5.76. The van der Waals surface area contributed by atoms with Gasteiger partial charge in [-0.25, -0.2) is 4.79 Å². The Kier molecular flexibility index (Phi) is 3.61. The van der Waals surface area contributed by atoms with Gasteiger partial charge in [-0.05, 0) is 12.8 Å². The number of nitrogens with zero attached hydrogens (tertiary/aromatic N) is 4. The number of amides is 2. The van der Waals surface area contributed by atoms with E-state index in [1.54, 1.807) is 13.2 Å². The molecule has 0 radical (unpaired) electrons. The minimum atomic E-state index is -0.0412. The molecule has 21 heavy (non-hydrogen) atoms. The molecule has 2 aliphatic heterocycles. The second-order valence-corrected chi connectivity index (χ2v) is 6.60. The third-order valence-corrected chi connectivity index (χ3v) is 4.36. The maximum absolute atomic E-state index is 12.4. The molecule has 1 aromatic heterocycles. The molecule has 0 saturated carbocycles. The minimum absolute atomic E-state index is 0.0412. The highest BCUT2D eigenvalue weighted by Crippen LogP contribution is 2.42. The van der Waals surface area contributed by atoms with Crippen molar-refractivity contribution in [1.82, 2.24) is 25.2 Å². The minimum Gasteiger partial charge on any atom is -0.376 e. The van der Waals surface area contributed by atoms with Crippen molar-refractivity contribution >= 4 is 6.03 Å². The zero-order chi connectivity index (χ0) is 15.0. The predicted molar refractivity (Wildman–Crippen MR) is 76.5 cm³/mol. The standard InChI is InChI=1S/C14H23N5O2/c1-14(2)9-19(12(14)11-5-4-6-21-11)13(20)15-7-10-8-16-18(3)17-10/h8,11-12H,4-7,9H2,1-3H3,(H,15,20). The molecule has 3 rings (SSSR count). The van der Waals surface area contributed by atoms with Crippen molar-refractivity contribution in [2.75, 3.05) is 13.2 Å². The van der Waals surface area contributed by atoms with Gasteiger partial charge in [0.2, 0.25) is 0 Å². The second-order valence-electron chi connectivity index (χ2n) is 6.60. The summed E-state index contributed by atoms with van der Waals surface area (Å²) in [6, 6.07) is 0.127. The first-order valence-corrected chi connectivity index (χ1v) is 7.49. The van der Waals surface area contributed by atoms with Gasteiger partial charge < -0.3 is 15.0 Å². The van der Waals surface area contributed by atoms with Crippen LogP contribution in [0, 0.1) is 5.41 Å². The van der Waals surface area contributed by atoms with E-state index in [4.69, 9.17) is 4.74 Å². The van der Waals surface area contributed by atoms with Crippen LogP contribution in [0.1, 0.15) is 32.4 Å². The first-order valence-electron chi connectivity index (χ1n) is 7.49. The predicted octanol–water partition coefficient (Wildman–Crippen LogP) is 0.914. The van der Waals surface area contributed by atoms with Gasteiger partial charge in [0.05, 0.1) is 24.9 Å². The summed E-state index contributed by atoms with van der Waals surface area (Å²) in [5.74, 6) is 0. The Morgan fingerprint density at radius 1 is 1.57 bits per heavy atom. The molecule has 2 amide bonds. The highest BCUT2D eigenvalue weighted by Gasteiger charge is 2.52. The van der Waals surface area contributed by atoms with E-state index in [9.17, 15) is 4.79 Å². The fourth-order valence-electron chi connectivity index (χ4n) is 3.43. The molecule has 0 aromatic carbocycles. The van der Waals surface area contributed by atoms with Crippen molar-refractivity contribution in [3.8, 4) is 0 Å². The average Bonchev–Trinajstić information content (AvgIpc) is 3.05. The monoisotopic (exact) mass is 293 g/mol. The maximum atomic E-state index is 12.4. The molecule has 0 bridgehead atoms. The van der Waals surface area contributed by atoms with Crippen LogP contribution in [-0.4, -0.2) is 51.2 Å². The van der Waals surface area contributed by atoms with E-state index in [0.717, 1.165) is 31.7 Å². The van der Waals surface area contributed by atoms with Crippen LogP contribution in [0.25, 0.3) is 0 Å². The molecule has 0 aliphatic carbocycles. The highest BCUT2D eigenvalue weighted by atomic mass is 16.5. The third-order valence-electron chi connectivity index (χ3n) is 4.36. The first kappa shape index (κ1) is 14.3. The summed E-state index contributed by atoms with van der Waals surface area (Å²) in [7, 11) is 1.76. The topological polar surface area (TPSA) is 72.3 Å². The Hall–Kier alpha value is -1.63. The Morgan fingerprint density at radius 3 is 2.95 bits per heavy atom. The Bertz CT molecular complexity index is 521. The summed E-state index contributed by atoms with van der Waals surface area (Å²) < 4.78 is 5.79. The van der Waals surface area contributed by atoms with Crippen LogP contribution in [0.4, 0.5) is 4.79 Å². The Labute approximate surface area is 124 Å². The number of carbonyl (C=O) groups is 1. The molecule has 2 unspecified atom stereocenters. The molecule has 2 fully saturated rings. The fourth-order valence-corrected chi connectivity index (χ4v) is 3.43. The largest absolute Gasteiger partial charge is 0.376 e. The van der Waals surface area contributed by atoms with Crippen molar-refractivity contribution in [2.24, 2.45) is 12.5 Å². The number of carbonyl (C=O) groups excluding carboxylic acids is 1. The van der Waals surface area contributed by atoms with E-state index in [-0.39, 0.29) is 23.6 Å². The van der Waals surface area contributed by atoms with E-state index >= 15 is 0 Å². The number of nitrogens with one attached hydrogen (secondary N) is 1. The van der Waals surface area contributed by atoms with Crippen LogP contribution in [0.5, 0.6) is 0 Å². The van der Waals surface area contributed by atoms with Gasteiger partial charge in [-0.15, -0.1) is 0 Å². The molecule has 7 heteroatoms. The lowest BCUT2D eigenvalue weighted by atomic mass is 9.72. The van der Waals surface area contributed by atoms with Gasteiger partial charge in [0.15, 0.2) is 0 Å². The molecule has 116 valence electrons. The van der Waals surface area contributed by atoms with Crippen LogP contribution in [0.2, 0.25) is 0 Å². The molecule has 3 heterocycles. The summed E-state index contributed by atoms with van der Waals surface area (Å²) in [6.07, 6.45) is 3.97. The lowest BCUT2D eigenvalue weighted by Crippen LogP contribution is -2.69. The molecule has 2 atom stereocenters. The van der Waals surface area contributed by atoms with E-state index in [1.165, 1.54) is 4.80 Å². The van der Waals surface area contributed by atoms with Gasteiger partial charge in [-0.3, -0.25) is 0 Å². The number of urea groups is 1. The molecule has 2 saturated heterocycles. The SMILES string of the molecule is Cn1ncc(CNC(=O)N2CC(C)(C)C2C2CCCO2)n1. The average molecular weight is 293 g/mol. The van der Waals surface area contributed by atoms with Crippen LogP contribution >= 0.6 is 0 Å². The van der Waals surface area contributed by atoms with Crippen LogP contribution in [0.3, 0.4) is 0 Å². The molecular weight excluding hydrogens is 270 g/mol. The summed E-state index contributed by atoms with van der Waals surface area (Å²) in [6.45, 7) is 6.38. The van der Waals surface area contributed by atoms with E-state index in [0.29, 0.717) is 6.54 Å². The van der Waals surface area contributed by atoms with E-state index in [1.807, 2.05) is 4.90 Å². The lowest BCUT2D eigenvalue weighted by molar-refractivity contribution is -0.0910. The lowest BCUT2D eigenvalue weighted by Gasteiger charge is -2.56. The summed E-state index contributed by atoms with van der Waals surface area (Å²) in [5.41, 5.74) is 0.887. The van der Waals surface area contributed by atoms with Crippen molar-refractivity contribution in [3.05, 3.63) is 11.9 Å². The number of hydrogen-bond donors (Lipinski definition) is 1. The van der Waals surface area contributed by atoms with Crippen molar-refractivity contribution < 1.29 is 9.53 Å². The summed E-state index contributed by atoms with van der Waals surface area (Å²) in [4.78, 5) is 15.7. The van der Waals surface area contributed by atoms with Gasteiger partial charge in [0.1, 0.15) is 5.69 Å². The number of aromatic nitrogens is 3. The van der Waals surface area contributed by atoms with Crippen LogP contribution in [-0.2, 0) is 18.3 Å². The van der Waals surface area contributed by atoms with Crippen LogP contribution < -0.4 is 5.32 Å². The number of likely N-dealkylation sites (tertiary alicyclic amines) is 1.